The van der Waals surface area contributed by atoms with Crippen LogP contribution in [0.25, 0.3) is 0 Å². The Labute approximate surface area is 182 Å². The number of piperazine rings is 1. The van der Waals surface area contributed by atoms with Gasteiger partial charge in [-0.1, -0.05) is 49.7 Å². The molecule has 0 saturated carbocycles. The molecule has 0 spiro atoms. The lowest BCUT2D eigenvalue weighted by molar-refractivity contribution is -0.135. The van der Waals surface area contributed by atoms with Crippen molar-refractivity contribution in [3.05, 3.63) is 46.6 Å². The van der Waals surface area contributed by atoms with Gasteiger partial charge in [-0.3, -0.25) is 4.79 Å². The number of nitrogens with one attached hydrogen (secondary N) is 1. The number of rotatable bonds is 5. The number of guanidine groups is 1. The number of nitrogens with zero attached hydrogens (tertiary/aromatic N) is 5. The third-order valence-corrected chi connectivity index (χ3v) is 4.97. The second-order valence-corrected chi connectivity index (χ2v) is 8.74. The van der Waals surface area contributed by atoms with E-state index in [4.69, 9.17) is 16.1 Å². The highest BCUT2D eigenvalue weighted by atomic mass is 35.5. The molecule has 0 bridgehead atoms. The Morgan fingerprint density at radius 2 is 2.00 bits per heavy atom. The Balaban J connectivity index is 1.62. The van der Waals surface area contributed by atoms with Gasteiger partial charge in [0.1, 0.15) is 6.54 Å². The molecule has 1 aromatic carbocycles. The second-order valence-electron chi connectivity index (χ2n) is 8.30. The van der Waals surface area contributed by atoms with Crippen molar-refractivity contribution < 1.29 is 9.32 Å². The summed E-state index contributed by atoms with van der Waals surface area (Å²) in [5, 5.41) is 7.96. The van der Waals surface area contributed by atoms with Crippen molar-refractivity contribution in [2.45, 2.75) is 46.2 Å². The quantitative estimate of drug-likeness (QED) is 0.577. The summed E-state index contributed by atoms with van der Waals surface area (Å²) >= 11 is 5.94. The molecule has 9 heteroatoms. The lowest BCUT2D eigenvalue weighted by atomic mass is 9.97. The molecule has 8 nitrogen and oxygen atoms in total. The number of carbonyl (C=O) groups is 1. The number of amides is 1. The van der Waals surface area contributed by atoms with Gasteiger partial charge in [0, 0.05) is 36.6 Å². The van der Waals surface area contributed by atoms with Crippen LogP contribution in [-0.2, 0) is 23.3 Å². The van der Waals surface area contributed by atoms with Crippen LogP contribution in [0.2, 0.25) is 5.02 Å². The molecule has 0 unspecified atom stereocenters. The van der Waals surface area contributed by atoms with Crippen molar-refractivity contribution >= 4 is 23.5 Å². The average molecular weight is 433 g/mol. The van der Waals surface area contributed by atoms with Gasteiger partial charge < -0.3 is 19.6 Å². The third-order valence-electron chi connectivity index (χ3n) is 4.72. The molecule has 1 aliphatic rings. The number of carbonyl (C=O) groups excluding carboxylic acids is 1. The van der Waals surface area contributed by atoms with Gasteiger partial charge in [0.2, 0.25) is 11.8 Å². The molecular formula is C21H29ClN6O2. The molecule has 1 amide bonds. The zero-order chi connectivity index (χ0) is 21.7. The normalized spacial score (nSPS) is 15.6. The van der Waals surface area contributed by atoms with Crippen LogP contribution in [0.5, 0.6) is 0 Å². The smallest absolute Gasteiger partial charge is 0.242 e. The highest BCUT2D eigenvalue weighted by Crippen LogP contribution is 2.20. The fraction of sp³-hybridized carbons (Fsp3) is 0.524. The number of aliphatic imine (C=N–C) groups is 1. The van der Waals surface area contributed by atoms with Crippen LogP contribution < -0.4 is 5.32 Å². The number of halogens is 1. The van der Waals surface area contributed by atoms with Crippen LogP contribution in [0.15, 0.2) is 33.8 Å². The van der Waals surface area contributed by atoms with Gasteiger partial charge >= 0.3 is 0 Å². The lowest BCUT2D eigenvalue weighted by Crippen LogP contribution is -2.54. The van der Waals surface area contributed by atoms with E-state index in [1.807, 2.05) is 61.8 Å². The summed E-state index contributed by atoms with van der Waals surface area (Å²) in [7, 11) is 0. The van der Waals surface area contributed by atoms with E-state index in [1.165, 1.54) is 0 Å². The molecule has 0 aliphatic carbocycles. The first-order valence-corrected chi connectivity index (χ1v) is 10.5. The van der Waals surface area contributed by atoms with E-state index in [1.54, 1.807) is 0 Å². The maximum Gasteiger partial charge on any atom is 0.242 e. The highest BCUT2D eigenvalue weighted by molar-refractivity contribution is 6.30. The van der Waals surface area contributed by atoms with E-state index in [0.29, 0.717) is 55.4 Å². The summed E-state index contributed by atoms with van der Waals surface area (Å²) in [6.45, 7) is 11.2. The fourth-order valence-corrected chi connectivity index (χ4v) is 3.19. The minimum atomic E-state index is -0.202. The van der Waals surface area contributed by atoms with E-state index in [9.17, 15) is 4.79 Å². The lowest BCUT2D eigenvalue weighted by Gasteiger charge is -2.36. The van der Waals surface area contributed by atoms with Crippen molar-refractivity contribution in [3.8, 4) is 0 Å². The Morgan fingerprint density at radius 3 is 2.60 bits per heavy atom. The average Bonchev–Trinajstić information content (AvgIpc) is 3.18. The van der Waals surface area contributed by atoms with Crippen molar-refractivity contribution in [1.82, 2.24) is 25.3 Å². The molecule has 1 N–H and O–H groups in total. The second kappa shape index (κ2) is 9.47. The highest BCUT2D eigenvalue weighted by Gasteiger charge is 2.26. The van der Waals surface area contributed by atoms with Gasteiger partial charge in [-0.25, -0.2) is 4.99 Å². The zero-order valence-corrected chi connectivity index (χ0v) is 18.7. The minimum Gasteiger partial charge on any atom is -0.356 e. The molecule has 30 heavy (non-hydrogen) atoms. The summed E-state index contributed by atoms with van der Waals surface area (Å²) in [6.07, 6.45) is 0. The van der Waals surface area contributed by atoms with Gasteiger partial charge in [0.05, 0.1) is 6.54 Å². The molecule has 1 aromatic heterocycles. The topological polar surface area (TPSA) is 86.9 Å². The number of hydrogen-bond donors (Lipinski definition) is 1. The predicted molar refractivity (Wildman–Crippen MR) is 116 cm³/mol. The first kappa shape index (κ1) is 22.1. The first-order valence-electron chi connectivity index (χ1n) is 10.1. The number of hydrogen-bond acceptors (Lipinski definition) is 5. The molecule has 162 valence electrons. The van der Waals surface area contributed by atoms with Crippen molar-refractivity contribution in [3.63, 3.8) is 0 Å². The monoisotopic (exact) mass is 432 g/mol. The molecular weight excluding hydrogens is 404 g/mol. The van der Waals surface area contributed by atoms with Gasteiger partial charge in [-0.2, -0.15) is 4.98 Å². The largest absolute Gasteiger partial charge is 0.356 e. The van der Waals surface area contributed by atoms with E-state index in [0.717, 1.165) is 5.56 Å². The van der Waals surface area contributed by atoms with Crippen LogP contribution in [0, 0.1) is 0 Å². The van der Waals surface area contributed by atoms with E-state index in [-0.39, 0.29) is 17.9 Å². The molecule has 1 fully saturated rings. The van der Waals surface area contributed by atoms with Crippen molar-refractivity contribution in [1.29, 1.82) is 0 Å². The van der Waals surface area contributed by atoms with E-state index < -0.39 is 0 Å². The summed E-state index contributed by atoms with van der Waals surface area (Å²) < 4.78 is 5.33. The van der Waals surface area contributed by atoms with Crippen LogP contribution in [0.1, 0.15) is 45.0 Å². The summed E-state index contributed by atoms with van der Waals surface area (Å²) in [6, 6.07) is 7.58. The van der Waals surface area contributed by atoms with Crippen molar-refractivity contribution in [2.24, 2.45) is 4.99 Å². The Morgan fingerprint density at radius 1 is 1.27 bits per heavy atom. The molecule has 2 heterocycles. The molecule has 1 aliphatic heterocycles. The summed E-state index contributed by atoms with van der Waals surface area (Å²) in [4.78, 5) is 25.6. The van der Waals surface area contributed by atoms with Crippen molar-refractivity contribution in [2.75, 3.05) is 26.2 Å². The summed E-state index contributed by atoms with van der Waals surface area (Å²) in [5.41, 5.74) is 0.861. The standard InChI is InChI=1S/C21H29ClN6O2/c1-5-23-20(24-12-17-25-19(30-26-17)21(2,3)4)28-11-10-27(18(29)14-28)13-15-6-8-16(22)9-7-15/h6-9H,5,10-14H2,1-4H3,(H,23,24). The Bertz CT molecular complexity index is 888. The van der Waals surface area contributed by atoms with Crippen LogP contribution in [-0.4, -0.2) is 58.0 Å². The first-order chi connectivity index (χ1) is 14.3. The number of aromatic nitrogens is 2. The summed E-state index contributed by atoms with van der Waals surface area (Å²) in [5.74, 6) is 1.86. The van der Waals surface area contributed by atoms with Crippen LogP contribution in [0.4, 0.5) is 0 Å². The van der Waals surface area contributed by atoms with Crippen LogP contribution >= 0.6 is 11.6 Å². The molecule has 3 rings (SSSR count). The van der Waals surface area contributed by atoms with E-state index >= 15 is 0 Å². The van der Waals surface area contributed by atoms with Gasteiger partial charge in [-0.15, -0.1) is 0 Å². The zero-order valence-electron chi connectivity index (χ0n) is 18.0. The molecule has 1 saturated heterocycles. The Kier molecular flexibility index (Phi) is 6.97. The minimum absolute atomic E-state index is 0.0661. The van der Waals surface area contributed by atoms with Gasteiger partial charge in [-0.05, 0) is 24.6 Å². The van der Waals surface area contributed by atoms with E-state index in [2.05, 4.69) is 20.4 Å². The van der Waals surface area contributed by atoms with Gasteiger partial charge in [0.15, 0.2) is 11.8 Å². The SMILES string of the molecule is CCNC(=NCc1noc(C(C)(C)C)n1)N1CCN(Cc2ccc(Cl)cc2)C(=O)C1. The predicted octanol–water partition coefficient (Wildman–Crippen LogP) is 2.83. The van der Waals surface area contributed by atoms with Gasteiger partial charge in [0.25, 0.3) is 0 Å². The maximum absolute atomic E-state index is 12.7. The Hall–Kier alpha value is -2.61. The maximum atomic E-state index is 12.7. The molecule has 2 aromatic rings. The van der Waals surface area contributed by atoms with Crippen LogP contribution in [0.3, 0.4) is 0 Å². The third kappa shape index (κ3) is 5.72. The number of benzene rings is 1. The molecule has 0 radical (unpaired) electrons. The molecule has 0 atom stereocenters. The fourth-order valence-electron chi connectivity index (χ4n) is 3.06.